The number of furan rings is 1. The molecule has 0 unspecified atom stereocenters. The Hall–Kier alpha value is -7.48. The monoisotopic (exact) mass is 720 g/mol. The summed E-state index contributed by atoms with van der Waals surface area (Å²) in [5, 5.41) is 17.7. The summed E-state index contributed by atoms with van der Waals surface area (Å²) in [6.45, 7) is 0. The minimum Gasteiger partial charge on any atom is -0.456 e. The van der Waals surface area contributed by atoms with Gasteiger partial charge in [0, 0.05) is 10.8 Å². The molecule has 1 heteroatoms. The summed E-state index contributed by atoms with van der Waals surface area (Å²) in [6, 6.07) is 72.0. The van der Waals surface area contributed by atoms with Crippen LogP contribution in [0.3, 0.4) is 0 Å². The van der Waals surface area contributed by atoms with E-state index in [0.717, 1.165) is 27.5 Å². The smallest absolute Gasteiger partial charge is 0.135 e. The van der Waals surface area contributed by atoms with Crippen LogP contribution in [0.2, 0.25) is 0 Å². The molecule has 0 aliphatic heterocycles. The highest BCUT2D eigenvalue weighted by Gasteiger charge is 2.22. The molecular formula is C56H32O. The predicted octanol–water partition coefficient (Wildman–Crippen LogP) is 16.0. The van der Waals surface area contributed by atoms with E-state index in [2.05, 4.69) is 188 Å². The summed E-state index contributed by atoms with van der Waals surface area (Å²) in [5.74, 6) is 0. The highest BCUT2D eigenvalue weighted by atomic mass is 16.3. The molecule has 0 amide bonds. The van der Waals surface area contributed by atoms with Gasteiger partial charge in [0.25, 0.3) is 0 Å². The van der Waals surface area contributed by atoms with Gasteiger partial charge in [0.1, 0.15) is 11.2 Å². The first-order chi connectivity index (χ1) is 28.2. The minimum atomic E-state index is 0.899. The maximum absolute atomic E-state index is 6.35. The molecule has 1 nitrogen and oxygen atoms in total. The first-order valence-electron chi connectivity index (χ1n) is 19.7. The fourth-order valence-corrected chi connectivity index (χ4v) is 10.0. The molecule has 0 aliphatic carbocycles. The van der Waals surface area contributed by atoms with Gasteiger partial charge in [0.15, 0.2) is 0 Å². The van der Waals surface area contributed by atoms with E-state index in [-0.39, 0.29) is 0 Å². The summed E-state index contributed by atoms with van der Waals surface area (Å²) in [6.07, 6.45) is 0. The van der Waals surface area contributed by atoms with Gasteiger partial charge in [-0.05, 0) is 139 Å². The van der Waals surface area contributed by atoms with Crippen molar-refractivity contribution in [2.75, 3.05) is 0 Å². The fourth-order valence-electron chi connectivity index (χ4n) is 10.0. The van der Waals surface area contributed by atoms with E-state index >= 15 is 0 Å². The summed E-state index contributed by atoms with van der Waals surface area (Å²) in [7, 11) is 0. The molecule has 0 bridgehead atoms. The lowest BCUT2D eigenvalue weighted by Crippen LogP contribution is -1.95. The molecule has 0 N–H and O–H groups in total. The molecule has 57 heavy (non-hydrogen) atoms. The Labute approximate surface area is 328 Å². The van der Waals surface area contributed by atoms with Crippen LogP contribution in [0.1, 0.15) is 0 Å². The summed E-state index contributed by atoms with van der Waals surface area (Å²) in [4.78, 5) is 0. The zero-order valence-corrected chi connectivity index (χ0v) is 30.9. The zero-order chi connectivity index (χ0) is 37.2. The van der Waals surface area contributed by atoms with E-state index in [4.69, 9.17) is 4.42 Å². The second-order valence-corrected chi connectivity index (χ2v) is 15.6. The van der Waals surface area contributed by atoms with Crippen LogP contribution in [0.4, 0.5) is 0 Å². The van der Waals surface area contributed by atoms with Crippen LogP contribution in [0, 0.1) is 0 Å². The molecule has 0 saturated heterocycles. The van der Waals surface area contributed by atoms with Gasteiger partial charge in [-0.15, -0.1) is 0 Å². The Morgan fingerprint density at radius 3 is 1.46 bits per heavy atom. The van der Waals surface area contributed by atoms with Gasteiger partial charge in [-0.2, -0.15) is 0 Å². The van der Waals surface area contributed by atoms with Crippen LogP contribution in [0.25, 0.3) is 131 Å². The Kier molecular flexibility index (Phi) is 6.23. The molecule has 13 rings (SSSR count). The van der Waals surface area contributed by atoms with Gasteiger partial charge in [-0.1, -0.05) is 164 Å². The first-order valence-corrected chi connectivity index (χ1v) is 19.7. The Morgan fingerprint density at radius 1 is 0.246 bits per heavy atom. The van der Waals surface area contributed by atoms with E-state index in [0.29, 0.717) is 0 Å². The highest BCUT2D eigenvalue weighted by molar-refractivity contribution is 6.27. The largest absolute Gasteiger partial charge is 0.456 e. The standard InChI is InChI=1S/C56H32O/c1-2-8-33(9-3-1)54-47(40-24-29-51-48(30-40)44-14-4-5-15-50(44)57-51)31-41(42-25-20-38-18-16-34-10-6-12-36-22-27-45(42)55(38)52(34)36)32-49(54)43-26-21-39-19-17-35-11-7-13-37-23-28-46(43)56(39)53(35)37/h1-32H. The normalized spacial score (nSPS) is 12.2. The van der Waals surface area contributed by atoms with E-state index in [9.17, 15) is 0 Å². The van der Waals surface area contributed by atoms with E-state index in [1.54, 1.807) is 0 Å². The third-order valence-corrected chi connectivity index (χ3v) is 12.5. The van der Waals surface area contributed by atoms with Gasteiger partial charge >= 0.3 is 0 Å². The van der Waals surface area contributed by atoms with Gasteiger partial charge < -0.3 is 4.42 Å². The molecular weight excluding hydrogens is 689 g/mol. The second-order valence-electron chi connectivity index (χ2n) is 15.6. The SMILES string of the molecule is c1ccc(-c2c(-c3ccc4oc5ccccc5c4c3)cc(-c3ccc4ccc5cccc6ccc3c4c56)cc2-c2ccc3ccc4cccc5ccc2c3c45)cc1. The molecule has 0 saturated carbocycles. The van der Waals surface area contributed by atoms with Crippen LogP contribution in [0.5, 0.6) is 0 Å². The second kappa shape index (κ2) is 11.5. The topological polar surface area (TPSA) is 13.1 Å². The average molecular weight is 721 g/mol. The van der Waals surface area contributed by atoms with Crippen LogP contribution >= 0.6 is 0 Å². The lowest BCUT2D eigenvalue weighted by atomic mass is 9.81. The Morgan fingerprint density at radius 2 is 0.772 bits per heavy atom. The van der Waals surface area contributed by atoms with Crippen LogP contribution in [0.15, 0.2) is 199 Å². The summed E-state index contributed by atoms with van der Waals surface area (Å²) < 4.78 is 6.35. The van der Waals surface area contributed by atoms with Crippen molar-refractivity contribution in [3.63, 3.8) is 0 Å². The lowest BCUT2D eigenvalue weighted by molar-refractivity contribution is 0.669. The lowest BCUT2D eigenvalue weighted by Gasteiger charge is -2.22. The van der Waals surface area contributed by atoms with E-state index < -0.39 is 0 Å². The minimum absolute atomic E-state index is 0.899. The molecule has 12 aromatic carbocycles. The predicted molar refractivity (Wildman–Crippen MR) is 243 cm³/mol. The summed E-state index contributed by atoms with van der Waals surface area (Å²) in [5.41, 5.74) is 11.4. The van der Waals surface area contributed by atoms with Crippen molar-refractivity contribution in [1.29, 1.82) is 0 Å². The van der Waals surface area contributed by atoms with Gasteiger partial charge in [-0.25, -0.2) is 0 Å². The Bertz CT molecular complexity index is 3700. The maximum Gasteiger partial charge on any atom is 0.135 e. The third kappa shape index (κ3) is 4.40. The first kappa shape index (κ1) is 30.8. The zero-order valence-electron chi connectivity index (χ0n) is 30.9. The molecule has 13 aromatic rings. The number of fused-ring (bicyclic) bond motifs is 3. The number of benzene rings is 12. The maximum atomic E-state index is 6.35. The fraction of sp³-hybridized carbons (Fsp3) is 0. The molecule has 1 aromatic heterocycles. The van der Waals surface area contributed by atoms with Crippen molar-refractivity contribution in [2.24, 2.45) is 0 Å². The Balaban J connectivity index is 1.19. The number of hydrogen-bond acceptors (Lipinski definition) is 1. The van der Waals surface area contributed by atoms with Crippen LogP contribution in [-0.2, 0) is 0 Å². The van der Waals surface area contributed by atoms with Crippen molar-refractivity contribution >= 4 is 86.6 Å². The number of rotatable bonds is 4. The molecule has 0 atom stereocenters. The average Bonchev–Trinajstić information content (AvgIpc) is 3.65. The van der Waals surface area contributed by atoms with Crippen molar-refractivity contribution in [2.45, 2.75) is 0 Å². The quantitative estimate of drug-likeness (QED) is 0.165. The van der Waals surface area contributed by atoms with Gasteiger partial charge in [0.05, 0.1) is 0 Å². The van der Waals surface area contributed by atoms with Crippen molar-refractivity contribution in [1.82, 2.24) is 0 Å². The van der Waals surface area contributed by atoms with E-state index in [1.807, 2.05) is 6.07 Å². The van der Waals surface area contributed by atoms with Crippen LogP contribution in [-0.4, -0.2) is 0 Å². The third-order valence-electron chi connectivity index (χ3n) is 12.5. The summed E-state index contributed by atoms with van der Waals surface area (Å²) >= 11 is 0. The molecule has 0 aliphatic rings. The number of para-hydroxylation sites is 1. The van der Waals surface area contributed by atoms with Gasteiger partial charge in [0.2, 0.25) is 0 Å². The van der Waals surface area contributed by atoms with E-state index in [1.165, 1.54) is 104 Å². The van der Waals surface area contributed by atoms with Crippen molar-refractivity contribution in [3.8, 4) is 44.5 Å². The number of hydrogen-bond donors (Lipinski definition) is 0. The molecule has 0 fully saturated rings. The van der Waals surface area contributed by atoms with Crippen molar-refractivity contribution in [3.05, 3.63) is 194 Å². The molecule has 0 radical (unpaired) electrons. The van der Waals surface area contributed by atoms with Crippen molar-refractivity contribution < 1.29 is 4.42 Å². The highest BCUT2D eigenvalue weighted by Crippen LogP contribution is 2.49. The molecule has 1 heterocycles. The van der Waals surface area contributed by atoms with Crippen LogP contribution < -0.4 is 0 Å². The molecule has 0 spiro atoms. The molecule has 262 valence electrons. The van der Waals surface area contributed by atoms with Gasteiger partial charge in [-0.3, -0.25) is 0 Å².